The van der Waals surface area contributed by atoms with Crippen LogP contribution in [0.25, 0.3) is 10.9 Å². The zero-order chi connectivity index (χ0) is 14.3. The normalized spacial score (nSPS) is 12.8. The van der Waals surface area contributed by atoms with Crippen molar-refractivity contribution in [3.05, 3.63) is 36.0 Å². The van der Waals surface area contributed by atoms with Crippen LogP contribution in [0.4, 0.5) is 0 Å². The minimum Gasteiger partial charge on any atom is -0.261 e. The maximum atomic E-state index is 12.3. The lowest BCUT2D eigenvalue weighted by molar-refractivity contribution is 0.140. The zero-order valence-corrected chi connectivity index (χ0v) is 12.3. The first-order chi connectivity index (χ1) is 8.69. The number of rotatable bonds is 2. The standard InChI is InChI=1S/C14H17NO3S/c1-10-8-11-6-5-7-12(13(11)15-9-10)19(16,17)18-14(2,3)4/h5-9H,1-4H3. The van der Waals surface area contributed by atoms with Crippen LogP contribution in [0.2, 0.25) is 0 Å². The van der Waals surface area contributed by atoms with E-state index < -0.39 is 15.7 Å². The van der Waals surface area contributed by atoms with E-state index >= 15 is 0 Å². The maximum Gasteiger partial charge on any atom is 0.299 e. The van der Waals surface area contributed by atoms with E-state index in [9.17, 15) is 8.42 Å². The highest BCUT2D eigenvalue weighted by atomic mass is 32.2. The van der Waals surface area contributed by atoms with Crippen LogP contribution in [-0.4, -0.2) is 19.0 Å². The molecule has 0 atom stereocenters. The second-order valence-corrected chi connectivity index (χ2v) is 7.01. The molecule has 1 heterocycles. The van der Waals surface area contributed by atoms with E-state index in [1.54, 1.807) is 33.0 Å². The van der Waals surface area contributed by atoms with Gasteiger partial charge in [-0.3, -0.25) is 9.17 Å². The molecule has 0 aliphatic heterocycles. The first kappa shape index (κ1) is 14.0. The molecule has 0 amide bonds. The second kappa shape index (κ2) is 4.58. The van der Waals surface area contributed by atoms with Gasteiger partial charge in [0.15, 0.2) is 0 Å². The molecule has 0 bridgehead atoms. The van der Waals surface area contributed by atoms with Gasteiger partial charge in [0.05, 0.1) is 11.1 Å². The van der Waals surface area contributed by atoms with Crippen molar-refractivity contribution >= 4 is 21.0 Å². The molecule has 5 heteroatoms. The van der Waals surface area contributed by atoms with Crippen molar-refractivity contribution in [2.75, 3.05) is 0 Å². The van der Waals surface area contributed by atoms with Gasteiger partial charge in [0.25, 0.3) is 10.1 Å². The van der Waals surface area contributed by atoms with Gasteiger partial charge in [0.2, 0.25) is 0 Å². The lowest BCUT2D eigenvalue weighted by Crippen LogP contribution is -2.24. The molecule has 1 aromatic carbocycles. The topological polar surface area (TPSA) is 56.3 Å². The average Bonchev–Trinajstić information content (AvgIpc) is 2.24. The summed E-state index contributed by atoms with van der Waals surface area (Å²) in [7, 11) is -3.82. The van der Waals surface area contributed by atoms with Crippen molar-refractivity contribution in [3.8, 4) is 0 Å². The Morgan fingerprint density at radius 1 is 1.21 bits per heavy atom. The summed E-state index contributed by atoms with van der Waals surface area (Å²) < 4.78 is 29.8. The summed E-state index contributed by atoms with van der Waals surface area (Å²) in [6.07, 6.45) is 1.65. The van der Waals surface area contributed by atoms with Crippen molar-refractivity contribution in [1.82, 2.24) is 4.98 Å². The lowest BCUT2D eigenvalue weighted by atomic mass is 10.2. The van der Waals surface area contributed by atoms with Gasteiger partial charge in [0.1, 0.15) is 4.90 Å². The molecule has 1 aromatic heterocycles. The van der Waals surface area contributed by atoms with E-state index in [0.717, 1.165) is 10.9 Å². The van der Waals surface area contributed by atoms with Crippen molar-refractivity contribution in [2.24, 2.45) is 0 Å². The third-order valence-electron chi connectivity index (χ3n) is 2.44. The SMILES string of the molecule is Cc1cnc2c(S(=O)(=O)OC(C)(C)C)cccc2c1. The number of benzene rings is 1. The molecule has 0 N–H and O–H groups in total. The summed E-state index contributed by atoms with van der Waals surface area (Å²) in [6, 6.07) is 6.96. The molecule has 4 nitrogen and oxygen atoms in total. The molecular weight excluding hydrogens is 262 g/mol. The number of aromatic nitrogens is 1. The molecule has 0 radical (unpaired) electrons. The Morgan fingerprint density at radius 3 is 2.53 bits per heavy atom. The maximum absolute atomic E-state index is 12.3. The minimum atomic E-state index is -3.82. The van der Waals surface area contributed by atoms with Crippen LogP contribution in [0.5, 0.6) is 0 Å². The zero-order valence-electron chi connectivity index (χ0n) is 11.5. The summed E-state index contributed by atoms with van der Waals surface area (Å²) in [6.45, 7) is 7.02. The average molecular weight is 279 g/mol. The molecule has 0 fully saturated rings. The Bertz CT molecular complexity index is 715. The van der Waals surface area contributed by atoms with E-state index in [-0.39, 0.29) is 4.90 Å². The van der Waals surface area contributed by atoms with E-state index in [1.165, 1.54) is 6.07 Å². The Kier molecular flexibility index (Phi) is 3.36. The highest BCUT2D eigenvalue weighted by Crippen LogP contribution is 2.26. The lowest BCUT2D eigenvalue weighted by Gasteiger charge is -2.19. The van der Waals surface area contributed by atoms with E-state index in [2.05, 4.69) is 4.98 Å². The third kappa shape index (κ3) is 3.11. The molecular formula is C14H17NO3S. The first-order valence-corrected chi connectivity index (χ1v) is 7.41. The van der Waals surface area contributed by atoms with Gasteiger partial charge in [-0.25, -0.2) is 0 Å². The number of fused-ring (bicyclic) bond motifs is 1. The summed E-state index contributed by atoms with van der Waals surface area (Å²) in [4.78, 5) is 4.33. The molecule has 102 valence electrons. The van der Waals surface area contributed by atoms with Gasteiger partial charge >= 0.3 is 0 Å². The van der Waals surface area contributed by atoms with Crippen LogP contribution < -0.4 is 0 Å². The highest BCUT2D eigenvalue weighted by Gasteiger charge is 2.26. The van der Waals surface area contributed by atoms with Crippen LogP contribution in [0.15, 0.2) is 35.4 Å². The molecule has 0 aliphatic rings. The van der Waals surface area contributed by atoms with Gasteiger partial charge in [-0.1, -0.05) is 12.1 Å². The van der Waals surface area contributed by atoms with Crippen LogP contribution in [0, 0.1) is 6.92 Å². The fourth-order valence-corrected chi connectivity index (χ4v) is 3.22. The molecule has 0 aliphatic carbocycles. The number of hydrogen-bond acceptors (Lipinski definition) is 4. The molecule has 0 saturated heterocycles. The second-order valence-electron chi connectivity index (χ2n) is 5.49. The predicted molar refractivity (Wildman–Crippen MR) is 74.5 cm³/mol. The summed E-state index contributed by atoms with van der Waals surface area (Å²) in [5, 5.41) is 0.790. The summed E-state index contributed by atoms with van der Waals surface area (Å²) >= 11 is 0. The van der Waals surface area contributed by atoms with E-state index in [4.69, 9.17) is 4.18 Å². The highest BCUT2D eigenvalue weighted by molar-refractivity contribution is 7.87. The van der Waals surface area contributed by atoms with Crippen molar-refractivity contribution in [3.63, 3.8) is 0 Å². The largest absolute Gasteiger partial charge is 0.299 e. The van der Waals surface area contributed by atoms with Gasteiger partial charge in [-0.15, -0.1) is 0 Å². The number of aryl methyl sites for hydroxylation is 1. The van der Waals surface area contributed by atoms with E-state index in [0.29, 0.717) is 5.52 Å². The molecule has 2 aromatic rings. The molecule has 0 saturated carbocycles. The number of hydrogen-bond donors (Lipinski definition) is 0. The number of nitrogens with zero attached hydrogens (tertiary/aromatic N) is 1. The Morgan fingerprint density at radius 2 is 1.89 bits per heavy atom. The summed E-state index contributed by atoms with van der Waals surface area (Å²) in [5.74, 6) is 0. The van der Waals surface area contributed by atoms with Crippen LogP contribution in [-0.2, 0) is 14.3 Å². The Hall–Kier alpha value is -1.46. The number of para-hydroxylation sites is 1. The fourth-order valence-electron chi connectivity index (χ4n) is 1.82. The number of pyridine rings is 1. The van der Waals surface area contributed by atoms with Crippen LogP contribution >= 0.6 is 0 Å². The Labute approximate surface area is 113 Å². The molecule has 0 unspecified atom stereocenters. The minimum absolute atomic E-state index is 0.111. The molecule has 19 heavy (non-hydrogen) atoms. The predicted octanol–water partition coefficient (Wildman–Crippen LogP) is 3.05. The van der Waals surface area contributed by atoms with Crippen molar-refractivity contribution < 1.29 is 12.6 Å². The van der Waals surface area contributed by atoms with Crippen molar-refractivity contribution in [2.45, 2.75) is 38.2 Å². The van der Waals surface area contributed by atoms with Gasteiger partial charge < -0.3 is 0 Å². The summed E-state index contributed by atoms with van der Waals surface area (Å²) in [5.41, 5.74) is 0.655. The van der Waals surface area contributed by atoms with Crippen molar-refractivity contribution in [1.29, 1.82) is 0 Å². The molecule has 0 spiro atoms. The smallest absolute Gasteiger partial charge is 0.261 e. The first-order valence-electron chi connectivity index (χ1n) is 6.00. The van der Waals surface area contributed by atoms with Crippen LogP contribution in [0.1, 0.15) is 26.3 Å². The third-order valence-corrected chi connectivity index (χ3v) is 4.03. The Balaban J connectivity index is 2.63. The fraction of sp³-hybridized carbons (Fsp3) is 0.357. The van der Waals surface area contributed by atoms with Gasteiger partial charge in [-0.2, -0.15) is 8.42 Å². The molecule has 2 rings (SSSR count). The van der Waals surface area contributed by atoms with Gasteiger partial charge in [0, 0.05) is 11.6 Å². The van der Waals surface area contributed by atoms with Crippen LogP contribution in [0.3, 0.4) is 0 Å². The van der Waals surface area contributed by atoms with Gasteiger partial charge in [-0.05, 0) is 45.4 Å². The van der Waals surface area contributed by atoms with E-state index in [1.807, 2.05) is 19.1 Å². The quantitative estimate of drug-likeness (QED) is 0.793. The monoisotopic (exact) mass is 279 g/mol.